The molecule has 1 aromatic heterocycles. The maximum Gasteiger partial charge on any atom is 0.317 e. The molecule has 0 unspecified atom stereocenters. The summed E-state index contributed by atoms with van der Waals surface area (Å²) in [6.07, 6.45) is 1.59. The molecule has 0 bridgehead atoms. The Labute approximate surface area is 87.3 Å². The first-order chi connectivity index (χ1) is 7.13. The fourth-order valence-corrected chi connectivity index (χ4v) is 0.969. The summed E-state index contributed by atoms with van der Waals surface area (Å²) < 4.78 is 4.41. The molecule has 1 aromatic rings. The third-order valence-corrected chi connectivity index (χ3v) is 1.73. The van der Waals surface area contributed by atoms with Crippen LogP contribution in [0.25, 0.3) is 0 Å². The largest absolute Gasteiger partial charge is 0.468 e. The van der Waals surface area contributed by atoms with E-state index in [0.29, 0.717) is 5.56 Å². The summed E-state index contributed by atoms with van der Waals surface area (Å²) in [6.45, 7) is 1.85. The number of rotatable bonds is 1. The molecular formula is C11H11NO3. The van der Waals surface area contributed by atoms with Gasteiger partial charge in [-0.15, -0.1) is 0 Å². The molecule has 4 heteroatoms. The predicted molar refractivity (Wildman–Crippen MR) is 55.3 cm³/mol. The number of aryl methyl sites for hydroxylation is 1. The fourth-order valence-electron chi connectivity index (χ4n) is 0.969. The van der Waals surface area contributed by atoms with E-state index >= 15 is 0 Å². The smallest absolute Gasteiger partial charge is 0.317 e. The van der Waals surface area contributed by atoms with Crippen LogP contribution in [-0.2, 0) is 9.53 Å². The molecule has 0 aliphatic rings. The number of carbonyl (C=O) groups excluding carboxylic acids is 1. The highest BCUT2D eigenvalue weighted by Gasteiger charge is 1.96. The van der Waals surface area contributed by atoms with Gasteiger partial charge in [-0.25, -0.2) is 0 Å². The van der Waals surface area contributed by atoms with E-state index in [-0.39, 0.29) is 12.0 Å². The number of aromatic nitrogens is 1. The zero-order chi connectivity index (χ0) is 11.3. The van der Waals surface area contributed by atoms with Crippen LogP contribution in [-0.4, -0.2) is 18.1 Å². The first-order valence-electron chi connectivity index (χ1n) is 4.38. The van der Waals surface area contributed by atoms with Gasteiger partial charge >= 0.3 is 5.97 Å². The normalized spacial score (nSPS) is 8.93. The lowest BCUT2D eigenvalue weighted by Crippen LogP contribution is -2.09. The van der Waals surface area contributed by atoms with Crippen LogP contribution in [0.5, 0.6) is 0 Å². The second-order valence-electron chi connectivity index (χ2n) is 2.97. The number of methoxy groups -OCH3 is 1. The standard InChI is InChI=1S/C11H11NO3/c1-8-6-9(11(14)12-7-8)4-3-5-10(13)15-2/h6-7H,5H2,1-2H3,(H,12,14). The Bertz CT molecular complexity index is 477. The van der Waals surface area contributed by atoms with Crippen molar-refractivity contribution in [3.05, 3.63) is 33.7 Å². The third kappa shape index (κ3) is 3.31. The zero-order valence-electron chi connectivity index (χ0n) is 8.59. The molecule has 0 saturated carbocycles. The van der Waals surface area contributed by atoms with Gasteiger partial charge in [0, 0.05) is 6.20 Å². The lowest BCUT2D eigenvalue weighted by Gasteiger charge is -1.92. The van der Waals surface area contributed by atoms with Crippen LogP contribution in [0.3, 0.4) is 0 Å². The zero-order valence-corrected chi connectivity index (χ0v) is 8.59. The predicted octanol–water partition coefficient (Wildman–Crippen LogP) is 0.598. The SMILES string of the molecule is COC(=O)CC#Cc1cc(C)c[nH]c1=O. The Balaban J connectivity index is 2.84. The number of hydrogen-bond acceptors (Lipinski definition) is 3. The maximum atomic E-state index is 11.2. The number of pyridine rings is 1. The molecule has 0 spiro atoms. The molecule has 0 aromatic carbocycles. The first-order valence-corrected chi connectivity index (χ1v) is 4.38. The number of hydrogen-bond donors (Lipinski definition) is 1. The Kier molecular flexibility index (Phi) is 3.69. The Morgan fingerprint density at radius 2 is 2.33 bits per heavy atom. The van der Waals surface area contributed by atoms with Crippen molar-refractivity contribution in [3.63, 3.8) is 0 Å². The molecule has 0 fully saturated rings. The van der Waals surface area contributed by atoms with Crippen LogP contribution < -0.4 is 5.56 Å². The van der Waals surface area contributed by atoms with E-state index in [2.05, 4.69) is 21.6 Å². The summed E-state index contributed by atoms with van der Waals surface area (Å²) in [6, 6.07) is 1.67. The van der Waals surface area contributed by atoms with Crippen molar-refractivity contribution in [1.29, 1.82) is 0 Å². The highest BCUT2D eigenvalue weighted by atomic mass is 16.5. The number of nitrogens with one attached hydrogen (secondary N) is 1. The van der Waals surface area contributed by atoms with Crippen LogP contribution in [0.2, 0.25) is 0 Å². The minimum Gasteiger partial charge on any atom is -0.468 e. The van der Waals surface area contributed by atoms with Gasteiger partial charge in [0.05, 0.1) is 12.7 Å². The lowest BCUT2D eigenvalue weighted by atomic mass is 10.2. The summed E-state index contributed by atoms with van der Waals surface area (Å²) in [5, 5.41) is 0. The average molecular weight is 205 g/mol. The van der Waals surface area contributed by atoms with Gasteiger partial charge in [0.1, 0.15) is 6.42 Å². The monoisotopic (exact) mass is 205 g/mol. The highest BCUT2D eigenvalue weighted by Crippen LogP contribution is 1.94. The summed E-state index contributed by atoms with van der Waals surface area (Å²) in [7, 11) is 1.30. The second kappa shape index (κ2) is 5.01. The molecule has 78 valence electrons. The van der Waals surface area contributed by atoms with Crippen LogP contribution in [0, 0.1) is 18.8 Å². The van der Waals surface area contributed by atoms with Crippen molar-refractivity contribution in [1.82, 2.24) is 4.98 Å². The topological polar surface area (TPSA) is 59.2 Å². The number of ether oxygens (including phenoxy) is 1. The van der Waals surface area contributed by atoms with Crippen LogP contribution >= 0.6 is 0 Å². The number of carbonyl (C=O) groups is 1. The molecule has 0 radical (unpaired) electrons. The Hall–Kier alpha value is -2.02. The van der Waals surface area contributed by atoms with Gasteiger partial charge in [-0.1, -0.05) is 11.8 Å². The minimum absolute atomic E-state index is 0.0100. The summed E-state index contributed by atoms with van der Waals surface area (Å²) in [5.74, 6) is 4.79. The van der Waals surface area contributed by atoms with Gasteiger partial charge in [0.25, 0.3) is 5.56 Å². The average Bonchev–Trinajstić information content (AvgIpc) is 2.23. The minimum atomic E-state index is -0.411. The van der Waals surface area contributed by atoms with E-state index < -0.39 is 5.97 Å². The number of esters is 1. The highest BCUT2D eigenvalue weighted by molar-refractivity contribution is 5.72. The van der Waals surface area contributed by atoms with E-state index in [4.69, 9.17) is 0 Å². The Morgan fingerprint density at radius 3 is 3.00 bits per heavy atom. The van der Waals surface area contributed by atoms with Gasteiger partial charge < -0.3 is 9.72 Å². The Morgan fingerprint density at radius 1 is 1.60 bits per heavy atom. The summed E-state index contributed by atoms with van der Waals surface area (Å²) in [4.78, 5) is 24.5. The van der Waals surface area contributed by atoms with Crippen molar-refractivity contribution >= 4 is 5.97 Å². The van der Waals surface area contributed by atoms with Gasteiger partial charge in [0.15, 0.2) is 0 Å². The molecule has 1 rings (SSSR count). The summed E-state index contributed by atoms with van der Waals surface area (Å²) in [5.41, 5.74) is 1.02. The third-order valence-electron chi connectivity index (χ3n) is 1.73. The van der Waals surface area contributed by atoms with Gasteiger partial charge in [0.2, 0.25) is 0 Å². The van der Waals surface area contributed by atoms with E-state index in [1.54, 1.807) is 12.3 Å². The van der Waals surface area contributed by atoms with E-state index in [1.165, 1.54) is 7.11 Å². The van der Waals surface area contributed by atoms with E-state index in [1.807, 2.05) is 6.92 Å². The molecule has 0 aliphatic carbocycles. The van der Waals surface area contributed by atoms with Crippen LogP contribution in [0.1, 0.15) is 17.5 Å². The summed E-state index contributed by atoms with van der Waals surface area (Å²) >= 11 is 0. The molecule has 4 nitrogen and oxygen atoms in total. The van der Waals surface area contributed by atoms with Crippen molar-refractivity contribution in [3.8, 4) is 11.8 Å². The number of H-pyrrole nitrogens is 1. The molecule has 0 amide bonds. The van der Waals surface area contributed by atoms with E-state index in [0.717, 1.165) is 5.56 Å². The number of aromatic amines is 1. The van der Waals surface area contributed by atoms with Crippen LogP contribution in [0.15, 0.2) is 17.1 Å². The van der Waals surface area contributed by atoms with Crippen molar-refractivity contribution in [2.24, 2.45) is 0 Å². The van der Waals surface area contributed by atoms with Crippen molar-refractivity contribution in [2.75, 3.05) is 7.11 Å². The molecule has 1 heterocycles. The van der Waals surface area contributed by atoms with Crippen LogP contribution in [0.4, 0.5) is 0 Å². The molecule has 0 atom stereocenters. The van der Waals surface area contributed by atoms with Gasteiger partial charge in [-0.3, -0.25) is 9.59 Å². The molecule has 0 aliphatic heterocycles. The molecule has 0 saturated heterocycles. The van der Waals surface area contributed by atoms with Crippen molar-refractivity contribution in [2.45, 2.75) is 13.3 Å². The van der Waals surface area contributed by atoms with Gasteiger partial charge in [-0.05, 0) is 18.6 Å². The molecule has 15 heavy (non-hydrogen) atoms. The quantitative estimate of drug-likeness (QED) is 0.539. The molecule has 1 N–H and O–H groups in total. The molecular weight excluding hydrogens is 194 g/mol. The fraction of sp³-hybridized carbons (Fsp3) is 0.273. The van der Waals surface area contributed by atoms with E-state index in [9.17, 15) is 9.59 Å². The maximum absolute atomic E-state index is 11.2. The van der Waals surface area contributed by atoms with Gasteiger partial charge in [-0.2, -0.15) is 0 Å². The second-order valence-corrected chi connectivity index (χ2v) is 2.97. The lowest BCUT2D eigenvalue weighted by molar-refractivity contribution is -0.139. The first kappa shape index (κ1) is 11.1. The van der Waals surface area contributed by atoms with Crippen molar-refractivity contribution < 1.29 is 9.53 Å².